The number of rotatable bonds is 2. The summed E-state index contributed by atoms with van der Waals surface area (Å²) in [5.41, 5.74) is 0.695. The highest BCUT2D eigenvalue weighted by Gasteiger charge is 2.28. The quantitative estimate of drug-likeness (QED) is 0.825. The molecule has 1 saturated heterocycles. The molecule has 1 heterocycles. The second kappa shape index (κ2) is 5.40. The number of phenols is 1. The maximum absolute atomic E-state index is 12.3. The zero-order chi connectivity index (χ0) is 13.1. The smallest absolute Gasteiger partial charge is 0.227 e. The molecule has 0 saturated carbocycles. The van der Waals surface area contributed by atoms with Crippen molar-refractivity contribution in [3.05, 3.63) is 29.8 Å². The molecule has 2 N–H and O–H groups in total. The van der Waals surface area contributed by atoms with Crippen LogP contribution in [0.15, 0.2) is 24.3 Å². The van der Waals surface area contributed by atoms with Gasteiger partial charge in [-0.3, -0.25) is 4.79 Å². The van der Waals surface area contributed by atoms with Gasteiger partial charge >= 0.3 is 0 Å². The highest BCUT2D eigenvalue weighted by atomic mass is 16.3. The van der Waals surface area contributed by atoms with Crippen LogP contribution >= 0.6 is 0 Å². The number of piperazine rings is 1. The molecule has 2 unspecified atom stereocenters. The molecule has 4 heteroatoms. The molecule has 1 aromatic carbocycles. The predicted molar refractivity (Wildman–Crippen MR) is 70.5 cm³/mol. The fourth-order valence-corrected chi connectivity index (χ4v) is 2.54. The first-order valence-electron chi connectivity index (χ1n) is 6.38. The maximum Gasteiger partial charge on any atom is 0.227 e. The van der Waals surface area contributed by atoms with E-state index in [1.165, 1.54) is 0 Å². The Hall–Kier alpha value is -1.55. The molecule has 1 aromatic rings. The van der Waals surface area contributed by atoms with Gasteiger partial charge in [0.1, 0.15) is 5.75 Å². The lowest BCUT2D eigenvalue weighted by atomic mass is 10.1. The van der Waals surface area contributed by atoms with E-state index in [-0.39, 0.29) is 30.2 Å². The van der Waals surface area contributed by atoms with Crippen molar-refractivity contribution in [2.45, 2.75) is 32.4 Å². The van der Waals surface area contributed by atoms with Gasteiger partial charge in [-0.05, 0) is 19.9 Å². The minimum atomic E-state index is 0.0815. The Labute approximate surface area is 108 Å². The molecule has 1 amide bonds. The van der Waals surface area contributed by atoms with Gasteiger partial charge in [0, 0.05) is 30.7 Å². The van der Waals surface area contributed by atoms with Gasteiger partial charge in [-0.25, -0.2) is 0 Å². The zero-order valence-corrected chi connectivity index (χ0v) is 10.9. The van der Waals surface area contributed by atoms with E-state index in [0.29, 0.717) is 5.56 Å². The lowest BCUT2D eigenvalue weighted by Crippen LogP contribution is -2.57. The van der Waals surface area contributed by atoms with Crippen LogP contribution in [0.1, 0.15) is 19.4 Å². The molecule has 0 aliphatic carbocycles. The average molecular weight is 248 g/mol. The monoisotopic (exact) mass is 248 g/mol. The van der Waals surface area contributed by atoms with Crippen molar-refractivity contribution < 1.29 is 9.90 Å². The molecular formula is C14H20N2O2. The minimum Gasteiger partial charge on any atom is -0.508 e. The van der Waals surface area contributed by atoms with Crippen LogP contribution in [0.3, 0.4) is 0 Å². The number of nitrogens with zero attached hydrogens (tertiary/aromatic N) is 1. The predicted octanol–water partition coefficient (Wildman–Crippen LogP) is 1.14. The molecule has 0 aromatic heterocycles. The molecule has 98 valence electrons. The Morgan fingerprint density at radius 3 is 2.56 bits per heavy atom. The third-order valence-corrected chi connectivity index (χ3v) is 3.45. The highest BCUT2D eigenvalue weighted by Crippen LogP contribution is 2.19. The minimum absolute atomic E-state index is 0.0815. The van der Waals surface area contributed by atoms with Gasteiger partial charge in [0.2, 0.25) is 5.91 Å². The van der Waals surface area contributed by atoms with Crippen molar-refractivity contribution >= 4 is 5.91 Å². The summed E-state index contributed by atoms with van der Waals surface area (Å²) in [6.45, 7) is 5.75. The van der Waals surface area contributed by atoms with Crippen molar-refractivity contribution in [2.75, 3.05) is 13.1 Å². The normalized spacial score (nSPS) is 24.0. The maximum atomic E-state index is 12.3. The van der Waals surface area contributed by atoms with Crippen LogP contribution in [0.2, 0.25) is 0 Å². The van der Waals surface area contributed by atoms with Gasteiger partial charge in [0.05, 0.1) is 6.42 Å². The Kier molecular flexibility index (Phi) is 3.87. The molecule has 0 radical (unpaired) electrons. The Morgan fingerprint density at radius 2 is 1.94 bits per heavy atom. The highest BCUT2D eigenvalue weighted by molar-refractivity contribution is 5.80. The zero-order valence-electron chi connectivity index (χ0n) is 10.9. The van der Waals surface area contributed by atoms with Gasteiger partial charge in [-0.15, -0.1) is 0 Å². The molecule has 0 bridgehead atoms. The lowest BCUT2D eigenvalue weighted by Gasteiger charge is -2.39. The first-order valence-corrected chi connectivity index (χ1v) is 6.38. The molecule has 18 heavy (non-hydrogen) atoms. The van der Waals surface area contributed by atoms with Crippen LogP contribution in [-0.2, 0) is 11.2 Å². The molecule has 1 aliphatic heterocycles. The van der Waals surface area contributed by atoms with Crippen LogP contribution in [-0.4, -0.2) is 41.1 Å². The summed E-state index contributed by atoms with van der Waals surface area (Å²) >= 11 is 0. The average Bonchev–Trinajstić information content (AvgIpc) is 2.32. The summed E-state index contributed by atoms with van der Waals surface area (Å²) in [7, 11) is 0. The molecule has 1 fully saturated rings. The van der Waals surface area contributed by atoms with E-state index in [4.69, 9.17) is 0 Å². The lowest BCUT2D eigenvalue weighted by molar-refractivity contribution is -0.135. The topological polar surface area (TPSA) is 52.6 Å². The van der Waals surface area contributed by atoms with Crippen LogP contribution in [0.5, 0.6) is 5.75 Å². The number of carbonyl (C=O) groups is 1. The van der Waals surface area contributed by atoms with Crippen LogP contribution in [0.4, 0.5) is 0 Å². The van der Waals surface area contributed by atoms with E-state index < -0.39 is 0 Å². The van der Waals surface area contributed by atoms with E-state index >= 15 is 0 Å². The SMILES string of the molecule is CC1CNCC(C)N1C(=O)Cc1ccccc1O. The summed E-state index contributed by atoms with van der Waals surface area (Å²) < 4.78 is 0. The second-order valence-electron chi connectivity index (χ2n) is 4.96. The summed E-state index contributed by atoms with van der Waals surface area (Å²) in [5.74, 6) is 0.277. The third-order valence-electron chi connectivity index (χ3n) is 3.45. The summed E-state index contributed by atoms with van der Waals surface area (Å²) in [4.78, 5) is 14.2. The largest absolute Gasteiger partial charge is 0.508 e. The van der Waals surface area contributed by atoms with E-state index in [1.54, 1.807) is 18.2 Å². The van der Waals surface area contributed by atoms with Crippen molar-refractivity contribution in [1.29, 1.82) is 0 Å². The van der Waals surface area contributed by atoms with Crippen LogP contribution < -0.4 is 5.32 Å². The van der Waals surface area contributed by atoms with E-state index in [1.807, 2.05) is 24.8 Å². The molecule has 2 rings (SSSR count). The number of hydrogen-bond donors (Lipinski definition) is 2. The standard InChI is InChI=1S/C14H20N2O2/c1-10-8-15-9-11(2)16(10)14(18)7-12-5-3-4-6-13(12)17/h3-6,10-11,15,17H,7-9H2,1-2H3. The Morgan fingerprint density at radius 1 is 1.33 bits per heavy atom. The van der Waals surface area contributed by atoms with Crippen molar-refractivity contribution in [3.63, 3.8) is 0 Å². The number of nitrogens with one attached hydrogen (secondary N) is 1. The van der Waals surface area contributed by atoms with Gasteiger partial charge in [-0.1, -0.05) is 18.2 Å². The Balaban J connectivity index is 2.09. The van der Waals surface area contributed by atoms with Gasteiger partial charge < -0.3 is 15.3 Å². The fourth-order valence-electron chi connectivity index (χ4n) is 2.54. The molecule has 4 nitrogen and oxygen atoms in total. The number of carbonyl (C=O) groups excluding carboxylic acids is 1. The van der Waals surface area contributed by atoms with Crippen molar-refractivity contribution in [1.82, 2.24) is 10.2 Å². The molecule has 1 aliphatic rings. The summed E-state index contributed by atoms with van der Waals surface area (Å²) in [6, 6.07) is 7.42. The van der Waals surface area contributed by atoms with Gasteiger partial charge in [-0.2, -0.15) is 0 Å². The van der Waals surface area contributed by atoms with Crippen molar-refractivity contribution in [3.8, 4) is 5.75 Å². The molecule has 0 spiro atoms. The first kappa shape index (κ1) is 12.9. The van der Waals surface area contributed by atoms with E-state index in [0.717, 1.165) is 13.1 Å². The summed E-state index contributed by atoms with van der Waals surface area (Å²) in [6.07, 6.45) is 0.265. The van der Waals surface area contributed by atoms with E-state index in [9.17, 15) is 9.90 Å². The number of amides is 1. The second-order valence-corrected chi connectivity index (χ2v) is 4.96. The third kappa shape index (κ3) is 2.64. The fraction of sp³-hybridized carbons (Fsp3) is 0.500. The number of para-hydroxylation sites is 1. The van der Waals surface area contributed by atoms with E-state index in [2.05, 4.69) is 5.32 Å². The first-order chi connectivity index (χ1) is 8.59. The van der Waals surface area contributed by atoms with Gasteiger partial charge in [0.25, 0.3) is 0 Å². The van der Waals surface area contributed by atoms with Crippen LogP contribution in [0, 0.1) is 0 Å². The Bertz CT molecular complexity index is 424. The summed E-state index contributed by atoms with van der Waals surface area (Å²) in [5, 5.41) is 13.0. The number of hydrogen-bond acceptors (Lipinski definition) is 3. The molecular weight excluding hydrogens is 228 g/mol. The van der Waals surface area contributed by atoms with Gasteiger partial charge in [0.15, 0.2) is 0 Å². The number of phenolic OH excluding ortho intramolecular Hbond substituents is 1. The van der Waals surface area contributed by atoms with Crippen LogP contribution in [0.25, 0.3) is 0 Å². The van der Waals surface area contributed by atoms with Crippen molar-refractivity contribution in [2.24, 2.45) is 0 Å². The number of benzene rings is 1. The molecule has 2 atom stereocenters. The number of aromatic hydroxyl groups is 1.